The Kier molecular flexibility index (Phi) is 3.15. The number of anilines is 1. The van der Waals surface area contributed by atoms with Crippen molar-refractivity contribution in [2.24, 2.45) is 0 Å². The van der Waals surface area contributed by atoms with Gasteiger partial charge in [-0.2, -0.15) is 5.26 Å². The number of nitriles is 1. The molecular weight excluding hydrogens is 190 g/mol. The van der Waals surface area contributed by atoms with E-state index in [4.69, 9.17) is 10.00 Å². The van der Waals surface area contributed by atoms with Gasteiger partial charge in [0.2, 0.25) is 0 Å². The molecule has 0 atom stereocenters. The van der Waals surface area contributed by atoms with Gasteiger partial charge in [-0.15, -0.1) is 0 Å². The van der Waals surface area contributed by atoms with Gasteiger partial charge in [0.25, 0.3) is 0 Å². The molecule has 1 aromatic rings. The van der Waals surface area contributed by atoms with Gasteiger partial charge in [0.1, 0.15) is 6.07 Å². The highest BCUT2D eigenvalue weighted by molar-refractivity contribution is 5.56. The topological polar surface area (TPSA) is 57.9 Å². The lowest BCUT2D eigenvalue weighted by Gasteiger charge is -2.24. The zero-order chi connectivity index (χ0) is 10.5. The third-order valence-corrected chi connectivity index (χ3v) is 2.52. The number of nitrogens with one attached hydrogen (secondary N) is 1. The minimum Gasteiger partial charge on any atom is -0.381 e. The number of pyridine rings is 1. The van der Waals surface area contributed by atoms with Crippen molar-refractivity contribution >= 4 is 5.69 Å². The Morgan fingerprint density at radius 1 is 1.47 bits per heavy atom. The number of rotatable bonds is 2. The summed E-state index contributed by atoms with van der Waals surface area (Å²) in [6.07, 6.45) is 5.27. The van der Waals surface area contributed by atoms with Crippen LogP contribution in [0.1, 0.15) is 18.4 Å². The van der Waals surface area contributed by atoms with Crippen molar-refractivity contribution in [3.8, 4) is 6.07 Å². The van der Waals surface area contributed by atoms with Crippen molar-refractivity contribution in [1.29, 1.82) is 5.26 Å². The molecule has 4 nitrogen and oxygen atoms in total. The summed E-state index contributed by atoms with van der Waals surface area (Å²) in [6, 6.07) is 4.38. The van der Waals surface area contributed by atoms with Gasteiger partial charge in [0.05, 0.1) is 11.3 Å². The summed E-state index contributed by atoms with van der Waals surface area (Å²) in [6.45, 7) is 1.59. The maximum atomic E-state index is 8.89. The molecule has 1 fully saturated rings. The molecule has 0 aliphatic carbocycles. The highest BCUT2D eigenvalue weighted by atomic mass is 16.5. The zero-order valence-corrected chi connectivity index (χ0v) is 8.44. The summed E-state index contributed by atoms with van der Waals surface area (Å²) in [4.78, 5) is 3.92. The van der Waals surface area contributed by atoms with E-state index >= 15 is 0 Å². The first kappa shape index (κ1) is 9.94. The van der Waals surface area contributed by atoms with Crippen LogP contribution in [0, 0.1) is 11.3 Å². The van der Waals surface area contributed by atoms with E-state index in [0.29, 0.717) is 11.6 Å². The van der Waals surface area contributed by atoms with E-state index in [1.54, 1.807) is 12.4 Å². The second kappa shape index (κ2) is 4.76. The number of hydrogen-bond donors (Lipinski definition) is 1. The fourth-order valence-electron chi connectivity index (χ4n) is 1.67. The Hall–Kier alpha value is -1.60. The van der Waals surface area contributed by atoms with Crippen LogP contribution in [-0.2, 0) is 4.74 Å². The maximum absolute atomic E-state index is 8.89. The van der Waals surface area contributed by atoms with Gasteiger partial charge in [-0.05, 0) is 18.9 Å². The molecule has 0 radical (unpaired) electrons. The molecule has 0 bridgehead atoms. The fourth-order valence-corrected chi connectivity index (χ4v) is 1.67. The van der Waals surface area contributed by atoms with Crippen molar-refractivity contribution in [3.05, 3.63) is 24.0 Å². The highest BCUT2D eigenvalue weighted by Crippen LogP contribution is 2.17. The second-order valence-corrected chi connectivity index (χ2v) is 3.56. The lowest BCUT2D eigenvalue weighted by molar-refractivity contribution is 0.0904. The Labute approximate surface area is 88.9 Å². The fraction of sp³-hybridized carbons (Fsp3) is 0.455. The molecule has 15 heavy (non-hydrogen) atoms. The standard InChI is InChI=1S/C11H13N3O/c12-7-9-8-13-4-1-11(9)14-10-2-5-15-6-3-10/h1,4,8,10H,2-3,5-6H2,(H,13,14). The highest BCUT2D eigenvalue weighted by Gasteiger charge is 2.14. The predicted molar refractivity (Wildman–Crippen MR) is 56.4 cm³/mol. The molecule has 1 aliphatic heterocycles. The second-order valence-electron chi connectivity index (χ2n) is 3.56. The number of hydrogen-bond acceptors (Lipinski definition) is 4. The molecule has 1 aliphatic rings. The molecule has 1 saturated heterocycles. The van der Waals surface area contributed by atoms with Crippen LogP contribution in [0.2, 0.25) is 0 Å². The third-order valence-electron chi connectivity index (χ3n) is 2.52. The summed E-state index contributed by atoms with van der Waals surface area (Å²) in [5.41, 5.74) is 1.48. The first-order valence-electron chi connectivity index (χ1n) is 5.08. The summed E-state index contributed by atoms with van der Waals surface area (Å²) < 4.78 is 5.28. The number of ether oxygens (including phenoxy) is 1. The summed E-state index contributed by atoms with van der Waals surface area (Å²) in [5.74, 6) is 0. The van der Waals surface area contributed by atoms with Crippen LogP contribution >= 0.6 is 0 Å². The molecule has 0 saturated carbocycles. The van der Waals surface area contributed by atoms with E-state index in [1.165, 1.54) is 0 Å². The Morgan fingerprint density at radius 3 is 3.00 bits per heavy atom. The molecule has 2 rings (SSSR count). The number of aromatic nitrogens is 1. The van der Waals surface area contributed by atoms with Gasteiger partial charge < -0.3 is 10.1 Å². The minimum atomic E-state index is 0.410. The van der Waals surface area contributed by atoms with Gasteiger partial charge in [-0.1, -0.05) is 0 Å². The van der Waals surface area contributed by atoms with Crippen LogP contribution in [0.5, 0.6) is 0 Å². The summed E-state index contributed by atoms with van der Waals surface area (Å²) in [5, 5.41) is 12.3. The van der Waals surface area contributed by atoms with E-state index in [1.807, 2.05) is 6.07 Å². The average Bonchev–Trinajstić information content (AvgIpc) is 2.31. The largest absolute Gasteiger partial charge is 0.381 e. The van der Waals surface area contributed by atoms with Crippen molar-refractivity contribution in [2.75, 3.05) is 18.5 Å². The predicted octanol–water partition coefficient (Wildman–Crippen LogP) is 1.54. The molecule has 0 aromatic carbocycles. The normalized spacial score (nSPS) is 17.0. The first-order chi connectivity index (χ1) is 7.40. The van der Waals surface area contributed by atoms with Crippen molar-refractivity contribution < 1.29 is 4.74 Å². The summed E-state index contributed by atoms with van der Waals surface area (Å²) in [7, 11) is 0. The van der Waals surface area contributed by atoms with Crippen molar-refractivity contribution in [3.63, 3.8) is 0 Å². The summed E-state index contributed by atoms with van der Waals surface area (Å²) >= 11 is 0. The molecule has 1 N–H and O–H groups in total. The average molecular weight is 203 g/mol. The monoisotopic (exact) mass is 203 g/mol. The maximum Gasteiger partial charge on any atom is 0.103 e. The molecule has 1 aromatic heterocycles. The quantitative estimate of drug-likeness (QED) is 0.792. The van der Waals surface area contributed by atoms with E-state index < -0.39 is 0 Å². The minimum absolute atomic E-state index is 0.410. The Bertz CT molecular complexity index is 366. The van der Waals surface area contributed by atoms with Gasteiger partial charge in [0, 0.05) is 31.6 Å². The van der Waals surface area contributed by atoms with E-state index in [2.05, 4.69) is 16.4 Å². The van der Waals surface area contributed by atoms with Crippen LogP contribution in [0.25, 0.3) is 0 Å². The SMILES string of the molecule is N#Cc1cnccc1NC1CCOCC1. The van der Waals surface area contributed by atoms with Crippen molar-refractivity contribution in [1.82, 2.24) is 4.98 Å². The van der Waals surface area contributed by atoms with Gasteiger partial charge in [-0.25, -0.2) is 0 Å². The Balaban J connectivity index is 2.06. The Morgan fingerprint density at radius 2 is 2.27 bits per heavy atom. The molecule has 0 amide bonds. The zero-order valence-electron chi connectivity index (χ0n) is 8.44. The van der Waals surface area contributed by atoms with Crippen LogP contribution in [0.15, 0.2) is 18.5 Å². The molecule has 0 spiro atoms. The third kappa shape index (κ3) is 2.45. The van der Waals surface area contributed by atoms with E-state index in [9.17, 15) is 0 Å². The molecule has 0 unspecified atom stereocenters. The van der Waals surface area contributed by atoms with E-state index in [-0.39, 0.29) is 0 Å². The smallest absolute Gasteiger partial charge is 0.103 e. The number of nitrogens with zero attached hydrogens (tertiary/aromatic N) is 2. The van der Waals surface area contributed by atoms with Crippen LogP contribution in [0.4, 0.5) is 5.69 Å². The molecule has 78 valence electrons. The molecule has 2 heterocycles. The van der Waals surface area contributed by atoms with Crippen LogP contribution in [0.3, 0.4) is 0 Å². The molecular formula is C11H13N3O. The van der Waals surface area contributed by atoms with Crippen LogP contribution < -0.4 is 5.32 Å². The van der Waals surface area contributed by atoms with Gasteiger partial charge >= 0.3 is 0 Å². The molecule has 4 heteroatoms. The lowest BCUT2D eigenvalue weighted by Crippen LogP contribution is -2.28. The first-order valence-corrected chi connectivity index (χ1v) is 5.08. The van der Waals surface area contributed by atoms with Crippen molar-refractivity contribution in [2.45, 2.75) is 18.9 Å². The van der Waals surface area contributed by atoms with Gasteiger partial charge in [0.15, 0.2) is 0 Å². The van der Waals surface area contributed by atoms with Crippen LogP contribution in [-0.4, -0.2) is 24.2 Å². The lowest BCUT2D eigenvalue weighted by atomic mass is 10.1. The van der Waals surface area contributed by atoms with E-state index in [0.717, 1.165) is 31.7 Å². The van der Waals surface area contributed by atoms with Gasteiger partial charge in [-0.3, -0.25) is 4.98 Å².